The first kappa shape index (κ1) is 20.1. The molecule has 1 aliphatic heterocycles. The molecule has 28 heavy (non-hydrogen) atoms. The highest BCUT2D eigenvalue weighted by Crippen LogP contribution is 2.23. The third-order valence-corrected chi connectivity index (χ3v) is 4.58. The number of benzene rings is 2. The fourth-order valence-corrected chi connectivity index (χ4v) is 3.21. The summed E-state index contributed by atoms with van der Waals surface area (Å²) < 4.78 is 13.1. The zero-order valence-electron chi connectivity index (χ0n) is 16.7. The molecule has 148 valence electrons. The molecule has 1 atom stereocenters. The number of amides is 1. The van der Waals surface area contributed by atoms with Crippen LogP contribution in [-0.2, 0) is 16.2 Å². The van der Waals surface area contributed by atoms with Crippen LogP contribution in [0.4, 0.5) is 4.39 Å². The average Bonchev–Trinajstić information content (AvgIpc) is 3.10. The van der Waals surface area contributed by atoms with Crippen molar-refractivity contribution in [1.29, 1.82) is 0 Å². The van der Waals surface area contributed by atoms with Gasteiger partial charge in [-0.05, 0) is 28.7 Å². The van der Waals surface area contributed by atoms with Crippen molar-refractivity contribution in [2.45, 2.75) is 46.3 Å². The number of oxime groups is 1. The molecule has 1 heterocycles. The number of hydrogen-bond donors (Lipinski definition) is 0. The van der Waals surface area contributed by atoms with Gasteiger partial charge in [-0.2, -0.15) is 0 Å². The lowest BCUT2D eigenvalue weighted by Gasteiger charge is -2.28. The van der Waals surface area contributed by atoms with E-state index in [2.05, 4.69) is 25.9 Å². The maximum Gasteiger partial charge on any atom is 0.223 e. The Balaban J connectivity index is 1.67. The molecule has 0 N–H and O–H groups in total. The number of nitrogens with zero attached hydrogens (tertiary/aromatic N) is 2. The van der Waals surface area contributed by atoms with E-state index in [9.17, 15) is 9.18 Å². The summed E-state index contributed by atoms with van der Waals surface area (Å²) in [4.78, 5) is 20.4. The second-order valence-electron chi connectivity index (χ2n) is 8.47. The number of carbonyl (C=O) groups excluding carboxylic acids is 1. The first-order chi connectivity index (χ1) is 13.3. The molecule has 0 aromatic heterocycles. The molecule has 0 spiro atoms. The van der Waals surface area contributed by atoms with Gasteiger partial charge < -0.3 is 9.74 Å². The van der Waals surface area contributed by atoms with E-state index in [0.717, 1.165) is 16.8 Å². The van der Waals surface area contributed by atoms with Crippen molar-refractivity contribution in [1.82, 2.24) is 4.90 Å². The van der Waals surface area contributed by atoms with Crippen molar-refractivity contribution in [2.75, 3.05) is 6.54 Å². The van der Waals surface area contributed by atoms with Crippen LogP contribution < -0.4 is 0 Å². The zero-order chi connectivity index (χ0) is 20.1. The molecular formula is C23H27FN2O2. The Labute approximate surface area is 166 Å². The fraction of sp³-hybridized carbons (Fsp3) is 0.391. The second-order valence-corrected chi connectivity index (χ2v) is 8.47. The molecule has 2 aromatic carbocycles. The molecule has 2 aromatic rings. The van der Waals surface area contributed by atoms with E-state index in [0.29, 0.717) is 25.9 Å². The number of hydrogen-bond acceptors (Lipinski definition) is 3. The van der Waals surface area contributed by atoms with Crippen LogP contribution in [0, 0.1) is 11.2 Å². The minimum atomic E-state index is -0.276. The molecule has 0 saturated heterocycles. The first-order valence-electron chi connectivity index (χ1n) is 9.60. The second kappa shape index (κ2) is 8.55. The molecule has 0 radical (unpaired) electrons. The summed E-state index contributed by atoms with van der Waals surface area (Å²) >= 11 is 0. The molecule has 0 saturated carbocycles. The summed E-state index contributed by atoms with van der Waals surface area (Å²) in [6.45, 7) is 7.20. The van der Waals surface area contributed by atoms with E-state index in [1.54, 1.807) is 12.1 Å². The van der Waals surface area contributed by atoms with Crippen molar-refractivity contribution in [3.05, 3.63) is 71.5 Å². The van der Waals surface area contributed by atoms with E-state index < -0.39 is 0 Å². The monoisotopic (exact) mass is 382 g/mol. The maximum absolute atomic E-state index is 13.1. The summed E-state index contributed by atoms with van der Waals surface area (Å²) in [6.07, 6.45) is 0.866. The summed E-state index contributed by atoms with van der Waals surface area (Å²) in [5, 5.41) is 4.17. The van der Waals surface area contributed by atoms with Crippen molar-refractivity contribution in [3.8, 4) is 0 Å². The third kappa shape index (κ3) is 5.65. The molecular weight excluding hydrogens is 355 g/mol. The van der Waals surface area contributed by atoms with Crippen molar-refractivity contribution in [3.63, 3.8) is 0 Å². The molecule has 0 fully saturated rings. The van der Waals surface area contributed by atoms with Gasteiger partial charge in [-0.1, -0.05) is 68.4 Å². The van der Waals surface area contributed by atoms with E-state index in [1.165, 1.54) is 12.1 Å². The van der Waals surface area contributed by atoms with Gasteiger partial charge in [0.2, 0.25) is 5.91 Å². The molecule has 0 aliphatic carbocycles. The smallest absolute Gasteiger partial charge is 0.223 e. The largest absolute Gasteiger partial charge is 0.390 e. The SMILES string of the molecule is CC(C)(C)CC(=O)N(Cc1ccccc1)C[C@@H]1CC(c2ccc(F)cc2)=NO1. The average molecular weight is 382 g/mol. The fourth-order valence-electron chi connectivity index (χ4n) is 3.21. The van der Waals surface area contributed by atoms with E-state index in [-0.39, 0.29) is 23.2 Å². The Morgan fingerprint density at radius 3 is 2.46 bits per heavy atom. The molecule has 3 rings (SSSR count). The summed E-state index contributed by atoms with van der Waals surface area (Å²) in [6, 6.07) is 16.2. The van der Waals surface area contributed by atoms with Crippen LogP contribution in [0.5, 0.6) is 0 Å². The van der Waals surface area contributed by atoms with E-state index in [1.807, 2.05) is 35.2 Å². The molecule has 5 heteroatoms. The minimum absolute atomic E-state index is 0.0850. The number of rotatable bonds is 6. The van der Waals surface area contributed by atoms with Gasteiger partial charge in [-0.3, -0.25) is 4.79 Å². The van der Waals surface area contributed by atoms with Crippen LogP contribution in [0.25, 0.3) is 0 Å². The lowest BCUT2D eigenvalue weighted by atomic mass is 9.91. The predicted octanol–water partition coefficient (Wildman–Crippen LogP) is 4.78. The van der Waals surface area contributed by atoms with Gasteiger partial charge in [0.1, 0.15) is 5.82 Å². The summed E-state index contributed by atoms with van der Waals surface area (Å²) in [5.41, 5.74) is 2.63. The topological polar surface area (TPSA) is 41.9 Å². The maximum atomic E-state index is 13.1. The zero-order valence-corrected chi connectivity index (χ0v) is 16.7. The van der Waals surface area contributed by atoms with Gasteiger partial charge in [0.05, 0.1) is 12.3 Å². The highest BCUT2D eigenvalue weighted by atomic mass is 19.1. The van der Waals surface area contributed by atoms with Gasteiger partial charge >= 0.3 is 0 Å². The molecule has 1 aliphatic rings. The van der Waals surface area contributed by atoms with Crippen LogP contribution in [0.2, 0.25) is 0 Å². The Hall–Kier alpha value is -2.69. The quantitative estimate of drug-likeness (QED) is 0.721. The highest BCUT2D eigenvalue weighted by molar-refractivity contribution is 6.01. The number of halogens is 1. The van der Waals surface area contributed by atoms with Gasteiger partial charge in [0.15, 0.2) is 6.10 Å². The number of carbonyl (C=O) groups is 1. The Kier molecular flexibility index (Phi) is 6.12. The van der Waals surface area contributed by atoms with Crippen LogP contribution in [0.3, 0.4) is 0 Å². The van der Waals surface area contributed by atoms with Crippen LogP contribution >= 0.6 is 0 Å². The summed E-state index contributed by atoms with van der Waals surface area (Å²) in [5.74, 6) is -0.170. The Bertz CT molecular complexity index is 826. The van der Waals surface area contributed by atoms with Gasteiger partial charge in [-0.25, -0.2) is 4.39 Å². The Morgan fingerprint density at radius 1 is 1.14 bits per heavy atom. The summed E-state index contributed by atoms with van der Waals surface area (Å²) in [7, 11) is 0. The van der Waals surface area contributed by atoms with Crippen LogP contribution in [0.15, 0.2) is 59.8 Å². The van der Waals surface area contributed by atoms with Gasteiger partial charge in [0, 0.05) is 19.4 Å². The van der Waals surface area contributed by atoms with Gasteiger partial charge in [-0.15, -0.1) is 0 Å². The lowest BCUT2D eigenvalue weighted by molar-refractivity contribution is -0.135. The lowest BCUT2D eigenvalue weighted by Crippen LogP contribution is -2.38. The molecule has 1 amide bonds. The first-order valence-corrected chi connectivity index (χ1v) is 9.60. The molecule has 0 unspecified atom stereocenters. The highest BCUT2D eigenvalue weighted by Gasteiger charge is 2.28. The standard InChI is InChI=1S/C23H27FN2O2/c1-23(2,3)14-22(27)26(15-17-7-5-4-6-8-17)16-20-13-21(25-28-20)18-9-11-19(24)12-10-18/h4-12,20H,13-16H2,1-3H3/t20-/m0/s1. The van der Waals surface area contributed by atoms with Crippen LogP contribution in [0.1, 0.15) is 44.7 Å². The van der Waals surface area contributed by atoms with Gasteiger partial charge in [0.25, 0.3) is 0 Å². The van der Waals surface area contributed by atoms with Crippen LogP contribution in [-0.4, -0.2) is 29.2 Å². The molecule has 0 bridgehead atoms. The van der Waals surface area contributed by atoms with Crippen molar-refractivity contribution in [2.24, 2.45) is 10.6 Å². The van der Waals surface area contributed by atoms with Crippen molar-refractivity contribution < 1.29 is 14.0 Å². The Morgan fingerprint density at radius 2 is 1.82 bits per heavy atom. The van der Waals surface area contributed by atoms with E-state index in [4.69, 9.17) is 4.84 Å². The normalized spacial score (nSPS) is 16.4. The molecule has 4 nitrogen and oxygen atoms in total. The predicted molar refractivity (Wildman–Crippen MR) is 108 cm³/mol. The van der Waals surface area contributed by atoms with E-state index >= 15 is 0 Å². The third-order valence-electron chi connectivity index (χ3n) is 4.58. The minimum Gasteiger partial charge on any atom is -0.390 e. The van der Waals surface area contributed by atoms with Crippen molar-refractivity contribution >= 4 is 11.6 Å².